The van der Waals surface area contributed by atoms with E-state index in [1.165, 1.54) is 0 Å². The van der Waals surface area contributed by atoms with Crippen molar-refractivity contribution >= 4 is 22.9 Å². The van der Waals surface area contributed by atoms with Crippen LogP contribution in [0.5, 0.6) is 0 Å². The molecule has 0 fully saturated rings. The van der Waals surface area contributed by atoms with Gasteiger partial charge in [-0.15, -0.1) is 10.2 Å². The molecule has 0 unspecified atom stereocenters. The fourth-order valence-corrected chi connectivity index (χ4v) is 3.14. The number of halogens is 1. The van der Waals surface area contributed by atoms with Gasteiger partial charge in [0.1, 0.15) is 10.0 Å². The highest BCUT2D eigenvalue weighted by atomic mass is 35.5. The van der Waals surface area contributed by atoms with Crippen LogP contribution in [0.15, 0.2) is 18.2 Å². The zero-order chi connectivity index (χ0) is 15.5. The Bertz CT molecular complexity index is 602. The van der Waals surface area contributed by atoms with E-state index in [1.807, 2.05) is 25.1 Å². The molecule has 0 radical (unpaired) electrons. The largest absolute Gasteiger partial charge is 0.312 e. The Balaban J connectivity index is 1.97. The summed E-state index contributed by atoms with van der Waals surface area (Å²) in [5.41, 5.74) is 2.32. The molecule has 0 spiro atoms. The minimum Gasteiger partial charge on any atom is -0.312 e. The van der Waals surface area contributed by atoms with E-state index in [0.29, 0.717) is 0 Å². The summed E-state index contributed by atoms with van der Waals surface area (Å²) in [7, 11) is 0. The first kappa shape index (κ1) is 16.4. The van der Waals surface area contributed by atoms with Crippen LogP contribution < -0.4 is 5.32 Å². The quantitative estimate of drug-likeness (QED) is 0.824. The lowest BCUT2D eigenvalue weighted by molar-refractivity contribution is 0.422. The third-order valence-corrected chi connectivity index (χ3v) is 4.61. The molecule has 0 bridgehead atoms. The van der Waals surface area contributed by atoms with Gasteiger partial charge in [0, 0.05) is 22.5 Å². The lowest BCUT2D eigenvalue weighted by Gasteiger charge is -2.20. The Hall–Kier alpha value is -0.970. The Morgan fingerprint density at radius 3 is 2.71 bits per heavy atom. The summed E-state index contributed by atoms with van der Waals surface area (Å²) in [6.45, 7) is 9.55. The molecule has 1 N–H and O–H groups in total. The molecular weight excluding hydrogens is 302 g/mol. The second-order valence-electron chi connectivity index (χ2n) is 6.19. The lowest BCUT2D eigenvalue weighted by Crippen LogP contribution is -2.36. The highest BCUT2D eigenvalue weighted by Crippen LogP contribution is 2.30. The molecule has 0 saturated heterocycles. The Morgan fingerprint density at radius 1 is 1.24 bits per heavy atom. The molecule has 1 aromatic carbocycles. The van der Waals surface area contributed by atoms with E-state index >= 15 is 0 Å². The highest BCUT2D eigenvalue weighted by Gasteiger charge is 2.11. The van der Waals surface area contributed by atoms with Crippen molar-refractivity contribution < 1.29 is 0 Å². The first-order valence-electron chi connectivity index (χ1n) is 7.20. The van der Waals surface area contributed by atoms with Gasteiger partial charge in [-0.05, 0) is 52.3 Å². The van der Waals surface area contributed by atoms with Gasteiger partial charge in [0.05, 0.1) is 0 Å². The smallest absolute Gasteiger partial charge is 0.148 e. The van der Waals surface area contributed by atoms with Crippen molar-refractivity contribution in [2.24, 2.45) is 0 Å². The van der Waals surface area contributed by atoms with Gasteiger partial charge in [0.15, 0.2) is 0 Å². The van der Waals surface area contributed by atoms with Crippen molar-refractivity contribution in [1.82, 2.24) is 15.5 Å². The van der Waals surface area contributed by atoms with Gasteiger partial charge in [-0.2, -0.15) is 0 Å². The van der Waals surface area contributed by atoms with E-state index < -0.39 is 0 Å². The van der Waals surface area contributed by atoms with Crippen molar-refractivity contribution in [2.45, 2.75) is 46.1 Å². The van der Waals surface area contributed by atoms with E-state index in [9.17, 15) is 0 Å². The molecule has 2 aromatic rings. The fraction of sp³-hybridized carbons (Fsp3) is 0.500. The van der Waals surface area contributed by atoms with E-state index in [2.05, 4.69) is 36.3 Å². The number of aryl methyl sites for hydroxylation is 1. The number of nitrogens with one attached hydrogen (secondary N) is 1. The van der Waals surface area contributed by atoms with Crippen LogP contribution >= 0.6 is 22.9 Å². The molecule has 1 heterocycles. The second-order valence-corrected chi connectivity index (χ2v) is 7.66. The zero-order valence-corrected chi connectivity index (χ0v) is 14.6. The average molecular weight is 324 g/mol. The first-order chi connectivity index (χ1) is 9.87. The van der Waals surface area contributed by atoms with Crippen LogP contribution in [-0.4, -0.2) is 22.3 Å². The molecule has 0 aliphatic rings. The normalized spacial score (nSPS) is 11.9. The highest BCUT2D eigenvalue weighted by molar-refractivity contribution is 7.14. The molecule has 21 heavy (non-hydrogen) atoms. The summed E-state index contributed by atoms with van der Waals surface area (Å²) in [6.07, 6.45) is 2.03. The molecule has 5 heteroatoms. The van der Waals surface area contributed by atoms with Gasteiger partial charge in [-0.1, -0.05) is 35.1 Å². The molecule has 114 valence electrons. The predicted molar refractivity (Wildman–Crippen MR) is 91.2 cm³/mol. The van der Waals surface area contributed by atoms with Crippen LogP contribution in [0.1, 0.15) is 37.8 Å². The minimum atomic E-state index is 0.171. The molecule has 2 rings (SSSR count). The van der Waals surface area contributed by atoms with E-state index in [-0.39, 0.29) is 5.54 Å². The van der Waals surface area contributed by atoms with Crippen LogP contribution in [0, 0.1) is 6.92 Å². The molecule has 3 nitrogen and oxygen atoms in total. The van der Waals surface area contributed by atoms with Crippen LogP contribution in [0.4, 0.5) is 0 Å². The van der Waals surface area contributed by atoms with Crippen LogP contribution in [-0.2, 0) is 6.42 Å². The molecule has 0 atom stereocenters. The number of rotatable bonds is 5. The second kappa shape index (κ2) is 6.86. The van der Waals surface area contributed by atoms with Crippen LogP contribution in [0.25, 0.3) is 10.6 Å². The first-order valence-corrected chi connectivity index (χ1v) is 8.39. The number of nitrogens with zero attached hydrogens (tertiary/aromatic N) is 2. The van der Waals surface area contributed by atoms with E-state index in [4.69, 9.17) is 11.6 Å². The van der Waals surface area contributed by atoms with Crippen molar-refractivity contribution in [1.29, 1.82) is 0 Å². The Kier molecular flexibility index (Phi) is 5.36. The van der Waals surface area contributed by atoms with Crippen LogP contribution in [0.2, 0.25) is 5.02 Å². The maximum absolute atomic E-state index is 6.16. The zero-order valence-electron chi connectivity index (χ0n) is 13.0. The van der Waals surface area contributed by atoms with Crippen molar-refractivity contribution in [3.63, 3.8) is 0 Å². The lowest BCUT2D eigenvalue weighted by atomic mass is 10.1. The summed E-state index contributed by atoms with van der Waals surface area (Å²) in [4.78, 5) is 0. The molecule has 1 aromatic heterocycles. The maximum atomic E-state index is 6.16. The number of hydrogen-bond donors (Lipinski definition) is 1. The third kappa shape index (κ3) is 4.77. The molecular formula is C16H22ClN3S. The van der Waals surface area contributed by atoms with Crippen molar-refractivity contribution in [3.05, 3.63) is 33.8 Å². The van der Waals surface area contributed by atoms with E-state index in [0.717, 1.165) is 45.6 Å². The number of aromatic nitrogens is 2. The van der Waals surface area contributed by atoms with Gasteiger partial charge < -0.3 is 5.32 Å². The van der Waals surface area contributed by atoms with E-state index in [1.54, 1.807) is 11.3 Å². The molecule has 0 aliphatic carbocycles. The molecule has 0 aliphatic heterocycles. The SMILES string of the molecule is Cc1c(Cl)cccc1-c1nnc(CCCNC(C)(C)C)s1. The standard InChI is InChI=1S/C16H22ClN3S/c1-11-12(7-5-8-13(11)17)15-20-19-14(21-15)9-6-10-18-16(2,3)4/h5,7-8,18H,6,9-10H2,1-4H3. The Morgan fingerprint density at radius 2 is 2.00 bits per heavy atom. The van der Waals surface area contributed by atoms with Crippen molar-refractivity contribution in [2.75, 3.05) is 6.54 Å². The number of benzene rings is 1. The van der Waals surface area contributed by atoms with Crippen molar-refractivity contribution in [3.8, 4) is 10.6 Å². The molecule has 0 amide bonds. The van der Waals surface area contributed by atoms with Gasteiger partial charge >= 0.3 is 0 Å². The van der Waals surface area contributed by atoms with Gasteiger partial charge in [0.2, 0.25) is 0 Å². The fourth-order valence-electron chi connectivity index (χ4n) is 2.01. The molecule has 0 saturated carbocycles. The predicted octanol–water partition coefficient (Wildman–Crippen LogP) is 4.49. The summed E-state index contributed by atoms with van der Waals surface area (Å²) in [5, 5.41) is 14.9. The average Bonchev–Trinajstić information content (AvgIpc) is 2.85. The maximum Gasteiger partial charge on any atom is 0.148 e. The summed E-state index contributed by atoms with van der Waals surface area (Å²) < 4.78 is 0. The minimum absolute atomic E-state index is 0.171. The monoisotopic (exact) mass is 323 g/mol. The summed E-state index contributed by atoms with van der Waals surface area (Å²) >= 11 is 7.82. The van der Waals surface area contributed by atoms with Gasteiger partial charge in [-0.3, -0.25) is 0 Å². The topological polar surface area (TPSA) is 37.8 Å². The summed E-state index contributed by atoms with van der Waals surface area (Å²) in [6, 6.07) is 5.91. The summed E-state index contributed by atoms with van der Waals surface area (Å²) in [5.74, 6) is 0. The van der Waals surface area contributed by atoms with Gasteiger partial charge in [-0.25, -0.2) is 0 Å². The van der Waals surface area contributed by atoms with Gasteiger partial charge in [0.25, 0.3) is 0 Å². The van der Waals surface area contributed by atoms with Crippen LogP contribution in [0.3, 0.4) is 0 Å². The Labute approximate surface area is 135 Å². The number of hydrogen-bond acceptors (Lipinski definition) is 4. The third-order valence-electron chi connectivity index (χ3n) is 3.19.